The molecule has 122 valence electrons. The van der Waals surface area contributed by atoms with Crippen molar-refractivity contribution in [2.24, 2.45) is 0 Å². The van der Waals surface area contributed by atoms with Gasteiger partial charge in [0.25, 0.3) is 0 Å². The quantitative estimate of drug-likeness (QED) is 0.574. The molecule has 1 fully saturated rings. The highest BCUT2D eigenvalue weighted by molar-refractivity contribution is 8.00. The van der Waals surface area contributed by atoms with Gasteiger partial charge in [0.15, 0.2) is 10.9 Å². The summed E-state index contributed by atoms with van der Waals surface area (Å²) in [4.78, 5) is 12.6. The molecule has 1 saturated carbocycles. The number of Topliss-reactive ketones (excluding diaryl/α,β-unsaturated/α-hetero) is 1. The first-order chi connectivity index (χ1) is 11.1. The zero-order valence-electron chi connectivity index (χ0n) is 13.7. The van der Waals surface area contributed by atoms with Gasteiger partial charge in [-0.25, -0.2) is 0 Å². The van der Waals surface area contributed by atoms with Gasteiger partial charge in [0.1, 0.15) is 11.6 Å². The monoisotopic (exact) mass is 331 g/mol. The van der Waals surface area contributed by atoms with E-state index in [0.29, 0.717) is 11.5 Å². The number of carbonyl (C=O) groups excluding carboxylic acids is 1. The minimum atomic E-state index is -0.204. The fourth-order valence-electron chi connectivity index (χ4n) is 2.53. The van der Waals surface area contributed by atoms with E-state index >= 15 is 0 Å². The molecule has 1 aromatic carbocycles. The molecule has 1 aromatic heterocycles. The Hall–Kier alpha value is -1.82. The van der Waals surface area contributed by atoms with E-state index in [2.05, 4.69) is 21.7 Å². The molecule has 0 saturated heterocycles. The van der Waals surface area contributed by atoms with Crippen LogP contribution in [0.2, 0.25) is 0 Å². The van der Waals surface area contributed by atoms with E-state index in [1.54, 1.807) is 19.2 Å². The van der Waals surface area contributed by atoms with Crippen molar-refractivity contribution in [1.82, 2.24) is 14.8 Å². The van der Waals surface area contributed by atoms with Gasteiger partial charge in [-0.1, -0.05) is 11.8 Å². The molecular formula is C17H21N3O2S. The normalized spacial score (nSPS) is 15.4. The average Bonchev–Trinajstić information content (AvgIpc) is 3.35. The van der Waals surface area contributed by atoms with Crippen molar-refractivity contribution < 1.29 is 9.53 Å². The lowest BCUT2D eigenvalue weighted by Crippen LogP contribution is -2.15. The summed E-state index contributed by atoms with van der Waals surface area (Å²) in [7, 11) is 1.62. The van der Waals surface area contributed by atoms with Gasteiger partial charge in [0.2, 0.25) is 0 Å². The van der Waals surface area contributed by atoms with Gasteiger partial charge in [-0.3, -0.25) is 4.79 Å². The first kappa shape index (κ1) is 16.1. The number of nitrogens with zero attached hydrogens (tertiary/aromatic N) is 3. The zero-order valence-corrected chi connectivity index (χ0v) is 14.5. The van der Waals surface area contributed by atoms with Crippen LogP contribution >= 0.6 is 11.8 Å². The predicted molar refractivity (Wildman–Crippen MR) is 90.3 cm³/mol. The molecule has 0 amide bonds. The number of methoxy groups -OCH3 is 1. The summed E-state index contributed by atoms with van der Waals surface area (Å²) in [5, 5.41) is 9.25. The maximum Gasteiger partial charge on any atom is 0.191 e. The molecule has 6 heteroatoms. The second kappa shape index (κ2) is 6.74. The number of ketones is 1. The number of carbonyl (C=O) groups is 1. The van der Waals surface area contributed by atoms with Crippen LogP contribution < -0.4 is 4.74 Å². The Morgan fingerprint density at radius 2 is 2.04 bits per heavy atom. The molecule has 0 aliphatic heterocycles. The molecule has 0 bridgehead atoms. The van der Waals surface area contributed by atoms with Crippen molar-refractivity contribution in [3.05, 3.63) is 35.7 Å². The van der Waals surface area contributed by atoms with E-state index in [1.165, 1.54) is 24.6 Å². The molecule has 3 rings (SSSR count). The molecule has 0 radical (unpaired) electrons. The highest BCUT2D eigenvalue weighted by Gasteiger charge is 2.30. The van der Waals surface area contributed by atoms with E-state index in [1.807, 2.05) is 19.1 Å². The number of rotatable bonds is 7. The number of ether oxygens (including phenoxy) is 1. The lowest BCUT2D eigenvalue weighted by atomic mass is 10.1. The minimum absolute atomic E-state index is 0.0938. The maximum absolute atomic E-state index is 12.6. The van der Waals surface area contributed by atoms with Crippen molar-refractivity contribution in [3.8, 4) is 5.75 Å². The first-order valence-electron chi connectivity index (χ1n) is 7.92. The molecule has 1 aliphatic rings. The van der Waals surface area contributed by atoms with Crippen molar-refractivity contribution in [2.45, 2.75) is 49.6 Å². The lowest BCUT2D eigenvalue weighted by Gasteiger charge is -2.11. The van der Waals surface area contributed by atoms with Gasteiger partial charge in [-0.15, -0.1) is 10.2 Å². The molecule has 0 spiro atoms. The van der Waals surface area contributed by atoms with Crippen LogP contribution in [0.5, 0.6) is 5.75 Å². The Bertz CT molecular complexity index is 692. The summed E-state index contributed by atoms with van der Waals surface area (Å²) >= 11 is 1.48. The highest BCUT2D eigenvalue weighted by atomic mass is 32.2. The van der Waals surface area contributed by atoms with Crippen molar-refractivity contribution in [2.75, 3.05) is 7.11 Å². The Kier molecular flexibility index (Phi) is 4.71. The highest BCUT2D eigenvalue weighted by Crippen LogP contribution is 2.40. The van der Waals surface area contributed by atoms with Crippen LogP contribution in [0.15, 0.2) is 29.4 Å². The van der Waals surface area contributed by atoms with Gasteiger partial charge in [-0.2, -0.15) is 0 Å². The standard InChI is InChI=1S/C17H21N3O2S/c1-4-20-16(13-5-6-13)18-19-17(20)23-11(2)15(21)12-7-9-14(22-3)10-8-12/h7-11,13H,4-6H2,1-3H3/t11-/m1/s1. The van der Waals surface area contributed by atoms with Crippen LogP contribution in [-0.4, -0.2) is 32.9 Å². The molecule has 2 aromatic rings. The number of thioether (sulfide) groups is 1. The Balaban J connectivity index is 1.72. The van der Waals surface area contributed by atoms with Crippen LogP contribution in [0, 0.1) is 0 Å². The summed E-state index contributed by atoms with van der Waals surface area (Å²) < 4.78 is 7.27. The largest absolute Gasteiger partial charge is 0.497 e. The number of benzene rings is 1. The molecule has 23 heavy (non-hydrogen) atoms. The SMILES string of the molecule is CCn1c(S[C@H](C)C(=O)c2ccc(OC)cc2)nnc1C1CC1. The molecule has 0 N–H and O–H groups in total. The third-order valence-electron chi connectivity index (χ3n) is 4.03. The molecule has 5 nitrogen and oxygen atoms in total. The van der Waals surface area contributed by atoms with E-state index in [9.17, 15) is 4.79 Å². The summed E-state index contributed by atoms with van der Waals surface area (Å²) in [5.41, 5.74) is 0.691. The van der Waals surface area contributed by atoms with Gasteiger partial charge in [0.05, 0.1) is 12.4 Å². The third kappa shape index (κ3) is 3.42. The van der Waals surface area contributed by atoms with Crippen LogP contribution in [0.25, 0.3) is 0 Å². The Morgan fingerprint density at radius 3 is 2.61 bits per heavy atom. The fourth-order valence-corrected chi connectivity index (χ4v) is 3.53. The van der Waals surface area contributed by atoms with Crippen LogP contribution in [0.3, 0.4) is 0 Å². The van der Waals surface area contributed by atoms with E-state index in [0.717, 1.165) is 23.3 Å². The van der Waals surface area contributed by atoms with E-state index in [-0.39, 0.29) is 11.0 Å². The summed E-state index contributed by atoms with van der Waals surface area (Å²) in [5.74, 6) is 2.47. The predicted octanol–water partition coefficient (Wildman–Crippen LogP) is 3.55. The lowest BCUT2D eigenvalue weighted by molar-refractivity contribution is 0.0994. The molecule has 0 unspecified atom stereocenters. The topological polar surface area (TPSA) is 57.0 Å². The molecule has 1 aliphatic carbocycles. The van der Waals surface area contributed by atoms with Crippen molar-refractivity contribution in [1.29, 1.82) is 0 Å². The number of hydrogen-bond donors (Lipinski definition) is 0. The van der Waals surface area contributed by atoms with Gasteiger partial charge in [0, 0.05) is 18.0 Å². The van der Waals surface area contributed by atoms with Gasteiger partial charge in [-0.05, 0) is 51.0 Å². The number of hydrogen-bond acceptors (Lipinski definition) is 5. The van der Waals surface area contributed by atoms with Crippen LogP contribution in [0.1, 0.15) is 48.8 Å². The van der Waals surface area contributed by atoms with Gasteiger partial charge < -0.3 is 9.30 Å². The van der Waals surface area contributed by atoms with Crippen molar-refractivity contribution >= 4 is 17.5 Å². The smallest absolute Gasteiger partial charge is 0.191 e. The first-order valence-corrected chi connectivity index (χ1v) is 8.80. The molecule has 1 atom stereocenters. The second-order valence-electron chi connectivity index (χ2n) is 5.71. The van der Waals surface area contributed by atoms with Crippen LogP contribution in [-0.2, 0) is 6.54 Å². The molecular weight excluding hydrogens is 310 g/mol. The Labute approximate surface area is 140 Å². The third-order valence-corrected chi connectivity index (χ3v) is 5.11. The minimum Gasteiger partial charge on any atom is -0.497 e. The number of aromatic nitrogens is 3. The average molecular weight is 331 g/mol. The summed E-state index contributed by atoms with van der Waals surface area (Å²) in [6.45, 7) is 4.85. The van der Waals surface area contributed by atoms with Crippen LogP contribution in [0.4, 0.5) is 0 Å². The summed E-state index contributed by atoms with van der Waals surface area (Å²) in [6.07, 6.45) is 2.40. The van der Waals surface area contributed by atoms with Crippen molar-refractivity contribution in [3.63, 3.8) is 0 Å². The maximum atomic E-state index is 12.6. The van der Waals surface area contributed by atoms with E-state index < -0.39 is 0 Å². The zero-order chi connectivity index (χ0) is 16.4. The summed E-state index contributed by atoms with van der Waals surface area (Å²) in [6, 6.07) is 7.23. The van der Waals surface area contributed by atoms with E-state index in [4.69, 9.17) is 4.74 Å². The van der Waals surface area contributed by atoms with Gasteiger partial charge >= 0.3 is 0 Å². The Morgan fingerprint density at radius 1 is 1.35 bits per heavy atom. The molecule has 1 heterocycles. The fraction of sp³-hybridized carbons (Fsp3) is 0.471. The second-order valence-corrected chi connectivity index (χ2v) is 7.02.